The van der Waals surface area contributed by atoms with Crippen molar-refractivity contribution in [3.05, 3.63) is 37.3 Å². The smallest absolute Gasteiger partial charge is 0.483 e. The first-order valence-corrected chi connectivity index (χ1v) is 5.41. The van der Waals surface area contributed by atoms with Crippen molar-refractivity contribution in [2.45, 2.75) is 33.6 Å². The van der Waals surface area contributed by atoms with Crippen molar-refractivity contribution in [1.29, 1.82) is 0 Å². The van der Waals surface area contributed by atoms with Crippen molar-refractivity contribution in [2.24, 2.45) is 11.6 Å². The molecule has 0 aliphatic rings. The van der Waals surface area contributed by atoms with Crippen molar-refractivity contribution in [3.63, 3.8) is 0 Å². The fraction of sp³-hybridized carbons (Fsp3) is 0.750. The Labute approximate surface area is 105 Å². The maximum atomic E-state index is 9.85. The van der Waals surface area contributed by atoms with Crippen LogP contribution in [-0.4, -0.2) is 16.4 Å². The van der Waals surface area contributed by atoms with E-state index >= 15 is 0 Å². The molecule has 0 rings (SSSR count). The van der Waals surface area contributed by atoms with E-state index in [9.17, 15) is 20.2 Å². The second-order valence-electron chi connectivity index (χ2n) is 2.56. The Morgan fingerprint density at radius 2 is 1.67 bits per heavy atom. The number of quaternary nitrogens is 1. The first-order valence-electron chi connectivity index (χ1n) is 5.41. The number of rotatable bonds is 5. The maximum absolute atomic E-state index is 9.85. The van der Waals surface area contributed by atoms with Gasteiger partial charge in [-0.15, -0.1) is 0 Å². The van der Waals surface area contributed by atoms with E-state index in [4.69, 9.17) is 5.73 Å². The van der Waals surface area contributed by atoms with Gasteiger partial charge in [0.15, 0.2) is 0 Å². The van der Waals surface area contributed by atoms with E-state index in [-0.39, 0.29) is 0 Å². The predicted molar refractivity (Wildman–Crippen MR) is 66.8 cm³/mol. The number of nitrogens with zero attached hydrogens (tertiary/aromatic N) is 3. The number of hydrogen-bond acceptors (Lipinski definition) is 6. The van der Waals surface area contributed by atoms with E-state index in [1.807, 2.05) is 13.8 Å². The first kappa shape index (κ1) is 21.4. The molecule has 0 aromatic carbocycles. The molecule has 10 nitrogen and oxygen atoms in total. The lowest BCUT2D eigenvalue weighted by molar-refractivity contribution is -0.617. The highest BCUT2D eigenvalue weighted by Crippen LogP contribution is 2.02. The number of nitrogens with two attached hydrogens (primary N) is 2. The molecule has 0 aliphatic heterocycles. The summed E-state index contributed by atoms with van der Waals surface area (Å²) in [6, 6.07) is 0. The summed E-state index contributed by atoms with van der Waals surface area (Å²) in [6.45, 7) is 7.27. The zero-order valence-electron chi connectivity index (χ0n) is 11.0. The minimum atomic E-state index is -1.42. The van der Waals surface area contributed by atoms with Crippen LogP contribution in [0.2, 0.25) is 0 Å². The standard InChI is InChI=1S/C4H11N.C2H4N5O4.C2H6/c1-2-3-4-5;3-1(5-4)2(6(8)9)7(10)11;1-2/h2-5H2,1H3;3-4H2;1-2H3/q;-1;/p+1. The fourth-order valence-corrected chi connectivity index (χ4v) is 0.561. The normalized spacial score (nSPS) is 7.83. The van der Waals surface area contributed by atoms with Crippen LogP contribution in [0.1, 0.15) is 33.6 Å². The second-order valence-corrected chi connectivity index (χ2v) is 2.56. The summed E-state index contributed by atoms with van der Waals surface area (Å²) in [5.74, 6) is 2.14. The van der Waals surface area contributed by atoms with Gasteiger partial charge in [-0.25, -0.2) is 0 Å². The molecule has 0 aliphatic carbocycles. The zero-order valence-corrected chi connectivity index (χ0v) is 11.0. The predicted octanol–water partition coefficient (Wildman–Crippen LogP) is -0.0729. The molecule has 0 amide bonds. The third-order valence-corrected chi connectivity index (χ3v) is 1.32. The van der Waals surface area contributed by atoms with Gasteiger partial charge in [-0.1, -0.05) is 27.2 Å². The van der Waals surface area contributed by atoms with Crippen LogP contribution in [0.4, 0.5) is 0 Å². The van der Waals surface area contributed by atoms with Gasteiger partial charge in [0.1, 0.15) is 15.7 Å². The Hall–Kier alpha value is -1.94. The van der Waals surface area contributed by atoms with Gasteiger partial charge < -0.3 is 22.7 Å². The van der Waals surface area contributed by atoms with E-state index in [2.05, 4.69) is 23.9 Å². The molecule has 0 aromatic heterocycles. The average Bonchev–Trinajstić information content (AvgIpc) is 2.32. The highest BCUT2D eigenvalue weighted by atomic mass is 16.7. The minimum Gasteiger partial charge on any atom is -0.483 e. The molecule has 18 heavy (non-hydrogen) atoms. The van der Waals surface area contributed by atoms with Crippen molar-refractivity contribution < 1.29 is 15.6 Å². The molecule has 0 atom stereocenters. The third-order valence-electron chi connectivity index (χ3n) is 1.32. The first-order chi connectivity index (χ1) is 8.42. The zero-order chi connectivity index (χ0) is 15.1. The van der Waals surface area contributed by atoms with Crippen LogP contribution in [0.5, 0.6) is 0 Å². The number of nitro groups is 2. The molecule has 0 unspecified atom stereocenters. The maximum Gasteiger partial charge on any atom is 0.558 e. The summed E-state index contributed by atoms with van der Waals surface area (Å²) >= 11 is 0. The van der Waals surface area contributed by atoms with Gasteiger partial charge in [-0.05, 0) is 6.42 Å². The van der Waals surface area contributed by atoms with Crippen molar-refractivity contribution in [1.82, 2.24) is 0 Å². The van der Waals surface area contributed by atoms with Gasteiger partial charge in [0.05, 0.1) is 6.54 Å². The average molecular weight is 266 g/mol. The highest BCUT2D eigenvalue weighted by Gasteiger charge is 2.25. The molecule has 0 saturated carbocycles. The van der Waals surface area contributed by atoms with E-state index < -0.39 is 21.5 Å². The summed E-state index contributed by atoms with van der Waals surface area (Å²) in [7, 11) is 0. The van der Waals surface area contributed by atoms with Crippen LogP contribution in [0.25, 0.3) is 5.43 Å². The molecule has 0 aromatic rings. The van der Waals surface area contributed by atoms with Crippen molar-refractivity contribution in [2.75, 3.05) is 6.54 Å². The molecule has 7 N–H and O–H groups in total. The summed E-state index contributed by atoms with van der Waals surface area (Å²) in [5, 5.41) is 19.7. The van der Waals surface area contributed by atoms with E-state index in [1.165, 1.54) is 12.8 Å². The Balaban J connectivity index is -0.000000270. The van der Waals surface area contributed by atoms with Gasteiger partial charge in [0, 0.05) is 0 Å². The van der Waals surface area contributed by atoms with Crippen LogP contribution < -0.4 is 17.3 Å². The Kier molecular flexibility index (Phi) is 17.9. The molecular formula is C8H22N6O4. The van der Waals surface area contributed by atoms with Gasteiger partial charge >= 0.3 is 5.82 Å². The Morgan fingerprint density at radius 1 is 1.28 bits per heavy atom. The van der Waals surface area contributed by atoms with Gasteiger partial charge in [0.25, 0.3) is 0 Å². The largest absolute Gasteiger partial charge is 0.558 e. The van der Waals surface area contributed by atoms with Crippen LogP contribution in [0.15, 0.2) is 11.6 Å². The summed E-state index contributed by atoms with van der Waals surface area (Å²) in [5.41, 5.74) is 11.0. The van der Waals surface area contributed by atoms with Gasteiger partial charge in [-0.2, -0.15) is 0 Å². The monoisotopic (exact) mass is 266 g/mol. The van der Waals surface area contributed by atoms with Crippen molar-refractivity contribution >= 4 is 0 Å². The lowest BCUT2D eigenvalue weighted by atomic mass is 10.3. The Morgan fingerprint density at radius 3 is 1.72 bits per heavy atom. The lowest BCUT2D eigenvalue weighted by Crippen LogP contribution is -2.49. The van der Waals surface area contributed by atoms with E-state index in [0.717, 1.165) is 6.54 Å². The van der Waals surface area contributed by atoms with E-state index in [1.54, 1.807) is 0 Å². The molecule has 10 heteroatoms. The summed E-state index contributed by atoms with van der Waals surface area (Å²) < 4.78 is 0. The van der Waals surface area contributed by atoms with Crippen LogP contribution in [0, 0.1) is 20.2 Å². The third kappa shape index (κ3) is 12.1. The van der Waals surface area contributed by atoms with E-state index in [0.29, 0.717) is 0 Å². The minimum absolute atomic E-state index is 0.917. The van der Waals surface area contributed by atoms with Crippen LogP contribution >= 0.6 is 0 Å². The number of unbranched alkanes of at least 4 members (excludes halogenated alkanes) is 1. The number of hydrogen-bond donors (Lipinski definition) is 3. The summed E-state index contributed by atoms with van der Waals surface area (Å²) in [6.07, 6.45) is 2.56. The van der Waals surface area contributed by atoms with Crippen LogP contribution in [-0.2, 0) is 0 Å². The SMILES string of the molecule is CC.CCCC[NH3+].N[N-]C(N)=C([N+](=O)[O-])[N+](=O)[O-]. The van der Waals surface area contributed by atoms with Gasteiger partial charge in [-0.3, -0.25) is 20.2 Å². The topological polar surface area (TPSA) is 180 Å². The summed E-state index contributed by atoms with van der Waals surface area (Å²) in [4.78, 5) is 17.2. The Bertz CT molecular complexity index is 250. The molecule has 0 bridgehead atoms. The van der Waals surface area contributed by atoms with Crippen LogP contribution in [0.3, 0.4) is 0 Å². The molecular weight excluding hydrogens is 244 g/mol. The molecule has 0 heterocycles. The lowest BCUT2D eigenvalue weighted by Gasteiger charge is -2.01. The molecule has 0 radical (unpaired) electrons. The molecule has 0 saturated heterocycles. The highest BCUT2D eigenvalue weighted by molar-refractivity contribution is 5.08. The molecule has 0 spiro atoms. The van der Waals surface area contributed by atoms with Crippen molar-refractivity contribution in [3.8, 4) is 0 Å². The molecule has 108 valence electrons. The molecule has 0 fully saturated rings. The second kappa shape index (κ2) is 15.1. The quantitative estimate of drug-likeness (QED) is 0.355. The van der Waals surface area contributed by atoms with Gasteiger partial charge in [0.2, 0.25) is 0 Å². The fourth-order valence-electron chi connectivity index (χ4n) is 0.561.